The molecule has 1 saturated heterocycles. The van der Waals surface area contributed by atoms with Crippen LogP contribution in [0.25, 0.3) is 10.8 Å². The molecule has 8 heteroatoms. The van der Waals surface area contributed by atoms with Gasteiger partial charge in [0.05, 0.1) is 6.10 Å². The molecule has 1 heterocycles. The van der Waals surface area contributed by atoms with Gasteiger partial charge in [-0.3, -0.25) is 14.4 Å². The van der Waals surface area contributed by atoms with Crippen molar-refractivity contribution in [1.29, 1.82) is 0 Å². The Morgan fingerprint density at radius 1 is 1.03 bits per heavy atom. The first kappa shape index (κ1) is 29.6. The van der Waals surface area contributed by atoms with Crippen LogP contribution in [0.2, 0.25) is 0 Å². The van der Waals surface area contributed by atoms with Crippen LogP contribution in [-0.4, -0.2) is 72.1 Å². The summed E-state index contributed by atoms with van der Waals surface area (Å²) in [4.78, 5) is 41.3. The first-order valence-corrected chi connectivity index (χ1v) is 13.7. The maximum absolute atomic E-state index is 13.4. The molecule has 0 radical (unpaired) electrons. The first-order chi connectivity index (χ1) is 18.0. The molecule has 1 aliphatic rings. The Hall–Kier alpha value is -2.97. The van der Waals surface area contributed by atoms with Crippen LogP contribution in [0.4, 0.5) is 0 Å². The largest absolute Gasteiger partial charge is 0.390 e. The summed E-state index contributed by atoms with van der Waals surface area (Å²) in [5, 5.41) is 21.4. The van der Waals surface area contributed by atoms with Crippen molar-refractivity contribution in [2.24, 2.45) is 11.3 Å². The molecule has 0 unspecified atom stereocenters. The Bertz CT molecular complexity index is 1110. The Labute approximate surface area is 226 Å². The molecule has 2 aromatic rings. The Morgan fingerprint density at radius 2 is 1.74 bits per heavy atom. The number of fused-ring (bicyclic) bond motifs is 1. The van der Waals surface area contributed by atoms with E-state index < -0.39 is 23.6 Å². The number of aliphatic hydroxyl groups excluding tert-OH is 1. The molecule has 4 N–H and O–H groups in total. The van der Waals surface area contributed by atoms with Crippen LogP contribution in [0.3, 0.4) is 0 Å². The summed E-state index contributed by atoms with van der Waals surface area (Å²) in [6.45, 7) is 11.5. The van der Waals surface area contributed by atoms with Crippen LogP contribution >= 0.6 is 0 Å². The molecule has 3 rings (SSSR count). The van der Waals surface area contributed by atoms with Gasteiger partial charge in [-0.1, -0.05) is 77.1 Å². The fourth-order valence-electron chi connectivity index (χ4n) is 4.74. The van der Waals surface area contributed by atoms with Gasteiger partial charge in [-0.25, -0.2) is 0 Å². The minimum atomic E-state index is -0.841. The minimum Gasteiger partial charge on any atom is -0.390 e. The fourth-order valence-corrected chi connectivity index (χ4v) is 4.74. The number of aliphatic hydroxyl groups is 1. The van der Waals surface area contributed by atoms with Gasteiger partial charge in [0.1, 0.15) is 12.1 Å². The molecule has 3 amide bonds. The molecule has 0 bridgehead atoms. The topological polar surface area (TPSA) is 111 Å². The third kappa shape index (κ3) is 8.27. The number of hydrogen-bond acceptors (Lipinski definition) is 5. The zero-order valence-electron chi connectivity index (χ0n) is 23.4. The van der Waals surface area contributed by atoms with E-state index in [-0.39, 0.29) is 24.3 Å². The summed E-state index contributed by atoms with van der Waals surface area (Å²) in [7, 11) is 0. The Kier molecular flexibility index (Phi) is 10.3. The van der Waals surface area contributed by atoms with Crippen LogP contribution in [0, 0.1) is 11.3 Å². The molecular formula is C30H44N4O4. The number of amides is 3. The lowest BCUT2D eigenvalue weighted by Gasteiger charge is -2.31. The maximum Gasteiger partial charge on any atom is 0.243 e. The van der Waals surface area contributed by atoms with E-state index in [1.54, 1.807) is 4.90 Å². The van der Waals surface area contributed by atoms with Gasteiger partial charge in [0.15, 0.2) is 0 Å². The summed E-state index contributed by atoms with van der Waals surface area (Å²) in [5.41, 5.74) is 0.321. The van der Waals surface area contributed by atoms with Crippen molar-refractivity contribution in [3.05, 3.63) is 48.0 Å². The zero-order valence-corrected chi connectivity index (χ0v) is 23.4. The predicted molar refractivity (Wildman–Crippen MR) is 150 cm³/mol. The van der Waals surface area contributed by atoms with E-state index >= 15 is 0 Å². The second-order valence-electron chi connectivity index (χ2n) is 11.8. The molecule has 1 fully saturated rings. The van der Waals surface area contributed by atoms with E-state index in [0.29, 0.717) is 31.8 Å². The number of benzene rings is 2. The maximum atomic E-state index is 13.4. The molecule has 0 spiro atoms. The molecule has 208 valence electrons. The highest BCUT2D eigenvalue weighted by molar-refractivity contribution is 5.93. The highest BCUT2D eigenvalue weighted by Crippen LogP contribution is 2.26. The highest BCUT2D eigenvalue weighted by atomic mass is 16.3. The fraction of sp³-hybridized carbons (Fsp3) is 0.567. The summed E-state index contributed by atoms with van der Waals surface area (Å²) >= 11 is 0. The third-order valence-electron chi connectivity index (χ3n) is 6.79. The molecule has 1 aliphatic heterocycles. The van der Waals surface area contributed by atoms with Crippen molar-refractivity contribution in [1.82, 2.24) is 20.9 Å². The van der Waals surface area contributed by atoms with Gasteiger partial charge < -0.3 is 26.0 Å². The van der Waals surface area contributed by atoms with Gasteiger partial charge in [0.25, 0.3) is 0 Å². The van der Waals surface area contributed by atoms with Crippen molar-refractivity contribution in [2.75, 3.05) is 26.2 Å². The Balaban J connectivity index is 1.73. The van der Waals surface area contributed by atoms with Crippen LogP contribution in [0.1, 0.15) is 53.0 Å². The van der Waals surface area contributed by atoms with Gasteiger partial charge in [-0.15, -0.1) is 0 Å². The molecule has 0 aliphatic carbocycles. The average Bonchev–Trinajstić information content (AvgIpc) is 3.35. The quantitative estimate of drug-likeness (QED) is 0.361. The standard InChI is InChI=1S/C30H44N4O4/c1-20(2)17-31-18-24(35)19-32-27(36)25(16-21-12-13-22-9-6-7-10-23(22)15-21)33-28(37)26-11-8-14-34(26)29(38)30(3,4)5/h6-7,9-10,12-13,15,20,24-26,31,35H,8,11,14,16-19H2,1-5H3,(H,32,36)(H,33,37)/t24-,25+,26-/m0/s1. The van der Waals surface area contributed by atoms with E-state index in [4.69, 9.17) is 0 Å². The number of hydrogen-bond donors (Lipinski definition) is 4. The SMILES string of the molecule is CC(C)CNC[C@H](O)CNC(=O)[C@@H](Cc1ccc2ccccc2c1)NC(=O)[C@@H]1CCCN1C(=O)C(C)(C)C. The summed E-state index contributed by atoms with van der Waals surface area (Å²) in [6.07, 6.45) is 0.864. The van der Waals surface area contributed by atoms with Gasteiger partial charge in [-0.05, 0) is 41.6 Å². The number of nitrogens with zero attached hydrogens (tertiary/aromatic N) is 1. The Morgan fingerprint density at radius 3 is 2.42 bits per heavy atom. The van der Waals surface area contributed by atoms with Crippen LogP contribution in [-0.2, 0) is 20.8 Å². The lowest BCUT2D eigenvalue weighted by atomic mass is 9.94. The monoisotopic (exact) mass is 524 g/mol. The van der Waals surface area contributed by atoms with Crippen LogP contribution < -0.4 is 16.0 Å². The van der Waals surface area contributed by atoms with Crippen molar-refractivity contribution in [2.45, 2.75) is 72.1 Å². The van der Waals surface area contributed by atoms with Crippen molar-refractivity contribution in [3.63, 3.8) is 0 Å². The van der Waals surface area contributed by atoms with Crippen molar-refractivity contribution in [3.8, 4) is 0 Å². The van der Waals surface area contributed by atoms with Gasteiger partial charge >= 0.3 is 0 Å². The molecule has 8 nitrogen and oxygen atoms in total. The van der Waals surface area contributed by atoms with Gasteiger partial charge in [-0.2, -0.15) is 0 Å². The molecule has 2 aromatic carbocycles. The van der Waals surface area contributed by atoms with Gasteiger partial charge in [0, 0.05) is 31.5 Å². The van der Waals surface area contributed by atoms with E-state index in [0.717, 1.165) is 29.3 Å². The van der Waals surface area contributed by atoms with Crippen molar-refractivity contribution >= 4 is 28.5 Å². The normalized spacial score (nSPS) is 17.4. The van der Waals surface area contributed by atoms with Crippen molar-refractivity contribution < 1.29 is 19.5 Å². The first-order valence-electron chi connectivity index (χ1n) is 13.7. The predicted octanol–water partition coefficient (Wildman–Crippen LogP) is 2.63. The molecule has 38 heavy (non-hydrogen) atoms. The molecule has 0 aromatic heterocycles. The molecule has 3 atom stereocenters. The summed E-state index contributed by atoms with van der Waals surface area (Å²) < 4.78 is 0. The zero-order chi connectivity index (χ0) is 27.9. The molecular weight excluding hydrogens is 480 g/mol. The van der Waals surface area contributed by atoms with E-state index in [2.05, 4.69) is 29.8 Å². The van der Waals surface area contributed by atoms with Gasteiger partial charge in [0.2, 0.25) is 17.7 Å². The highest BCUT2D eigenvalue weighted by Gasteiger charge is 2.39. The van der Waals surface area contributed by atoms with E-state index in [9.17, 15) is 19.5 Å². The van der Waals surface area contributed by atoms with Crippen LogP contribution in [0.5, 0.6) is 0 Å². The lowest BCUT2D eigenvalue weighted by Crippen LogP contribution is -2.55. The molecule has 0 saturated carbocycles. The number of carbonyl (C=O) groups is 3. The van der Waals surface area contributed by atoms with E-state index in [1.165, 1.54) is 0 Å². The number of nitrogens with one attached hydrogen (secondary N) is 3. The average molecular weight is 525 g/mol. The number of carbonyl (C=O) groups excluding carboxylic acids is 3. The lowest BCUT2D eigenvalue weighted by molar-refractivity contribution is -0.145. The summed E-state index contributed by atoms with van der Waals surface area (Å²) in [6, 6.07) is 12.5. The third-order valence-corrected chi connectivity index (χ3v) is 6.79. The number of rotatable bonds is 11. The summed E-state index contributed by atoms with van der Waals surface area (Å²) in [5.74, 6) is -0.289. The van der Waals surface area contributed by atoms with Crippen LogP contribution in [0.15, 0.2) is 42.5 Å². The second kappa shape index (κ2) is 13.2. The minimum absolute atomic E-state index is 0.0669. The smallest absolute Gasteiger partial charge is 0.243 e. The number of likely N-dealkylation sites (tertiary alicyclic amines) is 1. The van der Waals surface area contributed by atoms with E-state index in [1.807, 2.05) is 63.2 Å². The second-order valence-corrected chi connectivity index (χ2v) is 11.8.